The van der Waals surface area contributed by atoms with Crippen molar-refractivity contribution in [3.05, 3.63) is 23.0 Å². The van der Waals surface area contributed by atoms with Gasteiger partial charge >= 0.3 is 5.97 Å². The van der Waals surface area contributed by atoms with Gasteiger partial charge in [-0.15, -0.1) is 20.4 Å². The van der Waals surface area contributed by atoms with E-state index in [1.807, 2.05) is 0 Å². The van der Waals surface area contributed by atoms with Gasteiger partial charge in [-0.25, -0.2) is 0 Å². The van der Waals surface area contributed by atoms with Gasteiger partial charge in [0.25, 0.3) is 5.91 Å². The molecule has 0 saturated carbocycles. The molecular weight excluding hydrogens is 326 g/mol. The van der Waals surface area contributed by atoms with Crippen LogP contribution in [0.4, 0.5) is 5.13 Å². The van der Waals surface area contributed by atoms with Crippen LogP contribution in [0.1, 0.15) is 10.5 Å². The highest BCUT2D eigenvalue weighted by molar-refractivity contribution is 8.01. The van der Waals surface area contributed by atoms with Crippen LogP contribution in [0.3, 0.4) is 0 Å². The van der Waals surface area contributed by atoms with Crippen LogP contribution in [0.25, 0.3) is 0 Å². The Morgan fingerprint density at radius 3 is 2.75 bits per heavy atom. The number of nitrogens with one attached hydrogen (secondary N) is 1. The monoisotopic (exact) mass is 331 g/mol. The number of thioether (sulfide) groups is 1. The lowest BCUT2D eigenvalue weighted by Crippen LogP contribution is -2.14. The minimum Gasteiger partial charge on any atom is -0.481 e. The largest absolute Gasteiger partial charge is 0.481 e. The van der Waals surface area contributed by atoms with Crippen molar-refractivity contribution in [2.45, 2.75) is 4.34 Å². The van der Waals surface area contributed by atoms with E-state index < -0.39 is 11.9 Å². The molecule has 1 amide bonds. The molecule has 20 heavy (non-hydrogen) atoms. The maximum absolute atomic E-state index is 11.8. The van der Waals surface area contributed by atoms with Gasteiger partial charge in [0.1, 0.15) is 0 Å². The number of rotatable bonds is 5. The molecule has 0 aliphatic rings. The predicted octanol–water partition coefficient (Wildman–Crippen LogP) is 1.41. The van der Waals surface area contributed by atoms with E-state index >= 15 is 0 Å². The summed E-state index contributed by atoms with van der Waals surface area (Å²) >= 11 is 7.66. The fraction of sp³-hybridized carbons (Fsp3) is 0.111. The number of hydrogen-bond acceptors (Lipinski definition) is 8. The molecule has 8 nitrogen and oxygen atoms in total. The Morgan fingerprint density at radius 2 is 2.10 bits per heavy atom. The van der Waals surface area contributed by atoms with Crippen molar-refractivity contribution in [1.82, 2.24) is 20.4 Å². The molecule has 0 spiro atoms. The highest BCUT2D eigenvalue weighted by Gasteiger charge is 2.12. The smallest absolute Gasteiger partial charge is 0.313 e. The minimum atomic E-state index is -0.952. The summed E-state index contributed by atoms with van der Waals surface area (Å²) in [6.07, 6.45) is 0. The molecule has 0 radical (unpaired) electrons. The molecule has 0 aliphatic heterocycles. The van der Waals surface area contributed by atoms with Crippen molar-refractivity contribution >= 4 is 51.7 Å². The van der Waals surface area contributed by atoms with Gasteiger partial charge in [0, 0.05) is 0 Å². The van der Waals surface area contributed by atoms with Gasteiger partial charge in [0.15, 0.2) is 15.2 Å². The zero-order valence-corrected chi connectivity index (χ0v) is 12.0. The lowest BCUT2D eigenvalue weighted by molar-refractivity contribution is -0.133. The average molecular weight is 332 g/mol. The number of amides is 1. The number of carbonyl (C=O) groups is 2. The molecule has 0 saturated heterocycles. The van der Waals surface area contributed by atoms with Crippen LogP contribution in [0.5, 0.6) is 0 Å². The Balaban J connectivity index is 1.97. The molecule has 2 N–H and O–H groups in total. The van der Waals surface area contributed by atoms with E-state index in [1.165, 1.54) is 12.1 Å². The first kappa shape index (κ1) is 14.6. The first-order chi connectivity index (χ1) is 9.54. The first-order valence-electron chi connectivity index (χ1n) is 5.03. The van der Waals surface area contributed by atoms with E-state index in [9.17, 15) is 9.59 Å². The van der Waals surface area contributed by atoms with Crippen LogP contribution < -0.4 is 5.32 Å². The Morgan fingerprint density at radius 1 is 1.30 bits per heavy atom. The van der Waals surface area contributed by atoms with Crippen LogP contribution >= 0.6 is 34.7 Å². The number of anilines is 1. The normalized spacial score (nSPS) is 10.2. The minimum absolute atomic E-state index is 0.0874. The molecule has 104 valence electrons. The van der Waals surface area contributed by atoms with E-state index in [2.05, 4.69) is 25.7 Å². The molecule has 2 rings (SSSR count). The first-order valence-corrected chi connectivity index (χ1v) is 7.21. The summed E-state index contributed by atoms with van der Waals surface area (Å²) < 4.78 is 0.449. The van der Waals surface area contributed by atoms with Crippen molar-refractivity contribution in [1.29, 1.82) is 0 Å². The quantitative estimate of drug-likeness (QED) is 0.623. The zero-order valence-electron chi connectivity index (χ0n) is 9.61. The average Bonchev–Trinajstić information content (AvgIpc) is 2.84. The topological polar surface area (TPSA) is 118 Å². The van der Waals surface area contributed by atoms with Crippen molar-refractivity contribution in [3.63, 3.8) is 0 Å². The van der Waals surface area contributed by atoms with Gasteiger partial charge in [0.2, 0.25) is 5.13 Å². The van der Waals surface area contributed by atoms with Crippen molar-refractivity contribution < 1.29 is 14.7 Å². The third-order valence-electron chi connectivity index (χ3n) is 1.81. The number of carbonyl (C=O) groups excluding carboxylic acids is 1. The second kappa shape index (κ2) is 6.59. The SMILES string of the molecule is O=C(O)CSc1nnc(NC(=O)c2ccc(Cl)nn2)s1. The lowest BCUT2D eigenvalue weighted by atomic mass is 10.4. The van der Waals surface area contributed by atoms with Gasteiger partial charge in [-0.1, -0.05) is 34.7 Å². The van der Waals surface area contributed by atoms with Crippen LogP contribution in [-0.4, -0.2) is 43.1 Å². The molecule has 2 aromatic rings. The number of aromatic nitrogens is 4. The van der Waals surface area contributed by atoms with Gasteiger partial charge < -0.3 is 5.11 Å². The molecular formula is C9H6ClN5O3S2. The molecule has 2 heterocycles. The van der Waals surface area contributed by atoms with Crippen LogP contribution in [0.2, 0.25) is 5.15 Å². The number of carboxylic acids is 1. The number of halogens is 1. The third kappa shape index (κ3) is 4.11. The highest BCUT2D eigenvalue weighted by Crippen LogP contribution is 2.25. The summed E-state index contributed by atoms with van der Waals surface area (Å²) in [5, 5.41) is 26.1. The number of hydrogen-bond donors (Lipinski definition) is 2. The van der Waals surface area contributed by atoms with Gasteiger partial charge in [-0.2, -0.15) is 0 Å². The number of nitrogens with zero attached hydrogens (tertiary/aromatic N) is 4. The van der Waals surface area contributed by atoms with E-state index in [0.717, 1.165) is 23.1 Å². The summed E-state index contributed by atoms with van der Waals surface area (Å²) in [5.74, 6) is -1.57. The van der Waals surface area contributed by atoms with Crippen LogP contribution in [0, 0.1) is 0 Å². The Labute approximate surface area is 125 Å². The van der Waals surface area contributed by atoms with Crippen LogP contribution in [-0.2, 0) is 4.79 Å². The van der Waals surface area contributed by atoms with E-state index in [1.54, 1.807) is 0 Å². The summed E-state index contributed by atoms with van der Waals surface area (Å²) in [4.78, 5) is 22.2. The van der Waals surface area contributed by atoms with Crippen molar-refractivity contribution in [3.8, 4) is 0 Å². The Kier molecular flexibility index (Phi) is 4.82. The Bertz CT molecular complexity index is 633. The van der Waals surface area contributed by atoms with Gasteiger partial charge in [-0.05, 0) is 12.1 Å². The summed E-state index contributed by atoms with van der Waals surface area (Å²) in [6, 6.07) is 2.86. The fourth-order valence-electron chi connectivity index (χ4n) is 1.04. The van der Waals surface area contributed by atoms with Crippen LogP contribution in [0.15, 0.2) is 16.5 Å². The molecule has 0 unspecified atom stereocenters. The maximum Gasteiger partial charge on any atom is 0.313 e. The van der Waals surface area contributed by atoms with E-state index in [4.69, 9.17) is 16.7 Å². The second-order valence-electron chi connectivity index (χ2n) is 3.25. The molecule has 0 bridgehead atoms. The number of carboxylic acid groups (broad SMARTS) is 1. The molecule has 2 aromatic heterocycles. The summed E-state index contributed by atoms with van der Waals surface area (Å²) in [5.41, 5.74) is 0.0874. The fourth-order valence-corrected chi connectivity index (χ4v) is 2.61. The van der Waals surface area contributed by atoms with Crippen molar-refractivity contribution in [2.24, 2.45) is 0 Å². The van der Waals surface area contributed by atoms with Gasteiger partial charge in [-0.3, -0.25) is 14.9 Å². The summed E-state index contributed by atoms with van der Waals surface area (Å²) in [6.45, 7) is 0. The molecule has 0 atom stereocenters. The third-order valence-corrected chi connectivity index (χ3v) is 3.97. The standard InChI is InChI=1S/C9H6ClN5O3S2/c10-5-2-1-4(12-13-5)7(18)11-8-14-15-9(20-8)19-3-6(16)17/h1-2H,3H2,(H,16,17)(H,11,14,18). The number of aliphatic carboxylic acids is 1. The van der Waals surface area contributed by atoms with E-state index in [-0.39, 0.29) is 21.7 Å². The predicted molar refractivity (Wildman–Crippen MR) is 73.3 cm³/mol. The molecule has 0 aromatic carbocycles. The molecule has 0 aliphatic carbocycles. The van der Waals surface area contributed by atoms with Crippen molar-refractivity contribution in [2.75, 3.05) is 11.1 Å². The Hall–Kier alpha value is -1.78. The zero-order chi connectivity index (χ0) is 14.5. The highest BCUT2D eigenvalue weighted by atomic mass is 35.5. The molecule has 11 heteroatoms. The maximum atomic E-state index is 11.8. The lowest BCUT2D eigenvalue weighted by Gasteiger charge is -1.98. The van der Waals surface area contributed by atoms with E-state index in [0.29, 0.717) is 4.34 Å². The molecule has 0 fully saturated rings. The van der Waals surface area contributed by atoms with Gasteiger partial charge in [0.05, 0.1) is 5.75 Å². The second-order valence-corrected chi connectivity index (χ2v) is 5.84. The summed E-state index contributed by atoms with van der Waals surface area (Å²) in [7, 11) is 0.